The highest BCUT2D eigenvalue weighted by atomic mass is 35.5. The molecule has 0 aliphatic carbocycles. The van der Waals surface area contributed by atoms with Crippen LogP contribution in [0.3, 0.4) is 0 Å². The topological polar surface area (TPSA) is 68.4 Å². The van der Waals surface area contributed by atoms with Crippen LogP contribution in [0, 0.1) is 24.0 Å². The summed E-state index contributed by atoms with van der Waals surface area (Å²) in [7, 11) is 0. The van der Waals surface area contributed by atoms with Crippen LogP contribution in [0.1, 0.15) is 16.7 Å². The Balaban J connectivity index is 1.82. The third kappa shape index (κ3) is 4.55. The molecule has 4 aromatic rings. The number of benzene rings is 3. The summed E-state index contributed by atoms with van der Waals surface area (Å²) in [5.74, 6) is 0. The number of hydrogen-bond acceptors (Lipinski definition) is 5. The molecule has 5 nitrogen and oxygen atoms in total. The van der Waals surface area contributed by atoms with E-state index in [1.807, 2.05) is 44.2 Å². The molecule has 0 aliphatic heterocycles. The quantitative estimate of drug-likeness (QED) is 0.182. The first-order valence-corrected chi connectivity index (χ1v) is 10.7. The third-order valence-electron chi connectivity index (χ3n) is 4.81. The van der Waals surface area contributed by atoms with Gasteiger partial charge in [0.25, 0.3) is 5.69 Å². The molecule has 0 bridgehead atoms. The standard InChI is InChI=1S/C24H18ClN3O2S/c1-15-7-12-20(16(2)13-15)22-23(17-8-10-19(11-9-17)28(29)30)31-24(27-22)26-14-18-5-3-4-6-21(18)25/h3-14H,1-2H3. The fourth-order valence-electron chi connectivity index (χ4n) is 3.26. The normalized spacial score (nSPS) is 11.2. The summed E-state index contributed by atoms with van der Waals surface area (Å²) in [6.07, 6.45) is 1.70. The average Bonchev–Trinajstić information content (AvgIpc) is 3.17. The van der Waals surface area contributed by atoms with Crippen molar-refractivity contribution in [1.82, 2.24) is 4.98 Å². The van der Waals surface area contributed by atoms with Crippen LogP contribution in [0.4, 0.5) is 10.8 Å². The smallest absolute Gasteiger partial charge is 0.258 e. The SMILES string of the molecule is Cc1ccc(-c2nc(N=Cc3ccccc3Cl)sc2-c2ccc([N+](=O)[O-])cc2)c(C)c1. The number of nitrogens with zero attached hydrogens (tertiary/aromatic N) is 3. The molecule has 0 spiro atoms. The first kappa shape index (κ1) is 20.9. The van der Waals surface area contributed by atoms with Gasteiger partial charge in [0.15, 0.2) is 0 Å². The zero-order valence-corrected chi connectivity index (χ0v) is 18.4. The Hall–Kier alpha value is -3.35. The second kappa shape index (κ2) is 8.79. The lowest BCUT2D eigenvalue weighted by Crippen LogP contribution is -1.89. The number of aliphatic imine (C=N–C) groups is 1. The van der Waals surface area contributed by atoms with Crippen molar-refractivity contribution in [2.75, 3.05) is 0 Å². The van der Waals surface area contributed by atoms with Crippen LogP contribution in [0.15, 0.2) is 71.7 Å². The van der Waals surface area contributed by atoms with Crippen molar-refractivity contribution in [2.45, 2.75) is 13.8 Å². The highest BCUT2D eigenvalue weighted by Gasteiger charge is 2.17. The summed E-state index contributed by atoms with van der Waals surface area (Å²) < 4.78 is 0. The van der Waals surface area contributed by atoms with Crippen molar-refractivity contribution < 1.29 is 4.92 Å². The van der Waals surface area contributed by atoms with Gasteiger partial charge in [0.2, 0.25) is 5.13 Å². The molecule has 1 heterocycles. The van der Waals surface area contributed by atoms with Gasteiger partial charge in [0.05, 0.1) is 15.5 Å². The van der Waals surface area contributed by atoms with Gasteiger partial charge in [-0.1, -0.05) is 64.9 Å². The first-order chi connectivity index (χ1) is 14.9. The zero-order chi connectivity index (χ0) is 22.0. The third-order valence-corrected chi connectivity index (χ3v) is 6.17. The molecule has 0 saturated heterocycles. The summed E-state index contributed by atoms with van der Waals surface area (Å²) in [4.78, 5) is 20.9. The van der Waals surface area contributed by atoms with Gasteiger partial charge in [-0.2, -0.15) is 0 Å². The maximum atomic E-state index is 11.0. The summed E-state index contributed by atoms with van der Waals surface area (Å²) in [6, 6.07) is 20.2. The number of thiazole rings is 1. The number of non-ortho nitro benzene ring substituents is 1. The molecule has 3 aromatic carbocycles. The predicted octanol–water partition coefficient (Wildman–Crippen LogP) is 7.41. The van der Waals surface area contributed by atoms with Gasteiger partial charge in [-0.15, -0.1) is 0 Å². The molecule has 154 valence electrons. The van der Waals surface area contributed by atoms with Crippen LogP contribution in [0.2, 0.25) is 5.02 Å². The fourth-order valence-corrected chi connectivity index (χ4v) is 4.38. The molecule has 31 heavy (non-hydrogen) atoms. The van der Waals surface area contributed by atoms with Gasteiger partial charge < -0.3 is 0 Å². The average molecular weight is 448 g/mol. The fraction of sp³-hybridized carbons (Fsp3) is 0.0833. The molecule has 0 unspecified atom stereocenters. The van der Waals surface area contributed by atoms with E-state index in [2.05, 4.69) is 17.1 Å². The van der Waals surface area contributed by atoms with E-state index >= 15 is 0 Å². The molecule has 0 aliphatic rings. The second-order valence-electron chi connectivity index (χ2n) is 7.08. The molecule has 0 radical (unpaired) electrons. The van der Waals surface area contributed by atoms with Gasteiger partial charge in [-0.3, -0.25) is 10.1 Å². The number of aromatic nitrogens is 1. The number of aryl methyl sites for hydroxylation is 2. The highest BCUT2D eigenvalue weighted by molar-refractivity contribution is 7.19. The molecule has 7 heteroatoms. The van der Waals surface area contributed by atoms with Gasteiger partial charge >= 0.3 is 0 Å². The van der Waals surface area contributed by atoms with E-state index in [9.17, 15) is 10.1 Å². The van der Waals surface area contributed by atoms with E-state index < -0.39 is 4.92 Å². The summed E-state index contributed by atoms with van der Waals surface area (Å²) in [6.45, 7) is 4.10. The van der Waals surface area contributed by atoms with Crippen LogP contribution in [0.5, 0.6) is 0 Å². The highest BCUT2D eigenvalue weighted by Crippen LogP contribution is 2.41. The molecule has 4 rings (SSSR count). The van der Waals surface area contributed by atoms with Crippen molar-refractivity contribution in [3.63, 3.8) is 0 Å². The monoisotopic (exact) mass is 447 g/mol. The number of hydrogen-bond donors (Lipinski definition) is 0. The van der Waals surface area contributed by atoms with Crippen LogP contribution >= 0.6 is 22.9 Å². The molecule has 0 saturated carbocycles. The van der Waals surface area contributed by atoms with Crippen LogP contribution in [0.25, 0.3) is 21.7 Å². The maximum Gasteiger partial charge on any atom is 0.269 e. The van der Waals surface area contributed by atoms with E-state index in [4.69, 9.17) is 16.6 Å². The minimum absolute atomic E-state index is 0.0540. The van der Waals surface area contributed by atoms with Crippen molar-refractivity contribution in [3.05, 3.63) is 98.6 Å². The molecule has 1 aromatic heterocycles. The Labute approximate surface area is 188 Å². The van der Waals surface area contributed by atoms with Crippen molar-refractivity contribution >= 4 is 40.0 Å². The van der Waals surface area contributed by atoms with Gasteiger partial charge in [-0.05, 0) is 43.2 Å². The van der Waals surface area contributed by atoms with Crippen LogP contribution in [-0.4, -0.2) is 16.1 Å². The Morgan fingerprint density at radius 3 is 2.48 bits per heavy atom. The van der Waals surface area contributed by atoms with Gasteiger partial charge in [0.1, 0.15) is 0 Å². The van der Waals surface area contributed by atoms with E-state index in [0.717, 1.165) is 32.8 Å². The Morgan fingerprint density at radius 2 is 1.81 bits per heavy atom. The van der Waals surface area contributed by atoms with Gasteiger partial charge in [-0.25, -0.2) is 9.98 Å². The molecular weight excluding hydrogens is 430 g/mol. The summed E-state index contributed by atoms with van der Waals surface area (Å²) in [5, 5.41) is 12.2. The molecule has 0 N–H and O–H groups in total. The second-order valence-corrected chi connectivity index (χ2v) is 8.46. The van der Waals surface area contributed by atoms with E-state index in [-0.39, 0.29) is 5.69 Å². The van der Waals surface area contributed by atoms with Crippen LogP contribution < -0.4 is 0 Å². The zero-order valence-electron chi connectivity index (χ0n) is 16.9. The number of nitro benzene ring substituents is 1. The largest absolute Gasteiger partial charge is 0.269 e. The van der Waals surface area contributed by atoms with E-state index in [0.29, 0.717) is 10.2 Å². The first-order valence-electron chi connectivity index (χ1n) is 9.54. The Bertz CT molecular complexity index is 1300. The molecule has 0 atom stereocenters. The Morgan fingerprint density at radius 1 is 1.06 bits per heavy atom. The number of halogens is 1. The van der Waals surface area contributed by atoms with Crippen molar-refractivity contribution in [1.29, 1.82) is 0 Å². The minimum Gasteiger partial charge on any atom is -0.258 e. The lowest BCUT2D eigenvalue weighted by atomic mass is 10.0. The molecule has 0 fully saturated rings. The minimum atomic E-state index is -0.402. The number of rotatable bonds is 5. The van der Waals surface area contributed by atoms with E-state index in [1.54, 1.807) is 18.3 Å². The number of nitro groups is 1. The van der Waals surface area contributed by atoms with Crippen LogP contribution in [-0.2, 0) is 0 Å². The predicted molar refractivity (Wildman–Crippen MR) is 128 cm³/mol. The maximum absolute atomic E-state index is 11.0. The lowest BCUT2D eigenvalue weighted by Gasteiger charge is -2.07. The van der Waals surface area contributed by atoms with Crippen molar-refractivity contribution in [2.24, 2.45) is 4.99 Å². The molecular formula is C24H18ClN3O2S. The molecule has 0 amide bonds. The summed E-state index contributed by atoms with van der Waals surface area (Å²) in [5.41, 5.74) is 5.82. The Kier molecular flexibility index (Phi) is 5.93. The van der Waals surface area contributed by atoms with E-state index in [1.165, 1.54) is 29.0 Å². The van der Waals surface area contributed by atoms with Gasteiger partial charge in [0, 0.05) is 34.5 Å². The lowest BCUT2D eigenvalue weighted by molar-refractivity contribution is -0.384. The summed E-state index contributed by atoms with van der Waals surface area (Å²) >= 11 is 7.67. The van der Waals surface area contributed by atoms with Crippen molar-refractivity contribution in [3.8, 4) is 21.7 Å².